The van der Waals surface area contributed by atoms with E-state index in [0.29, 0.717) is 32.6 Å². The van der Waals surface area contributed by atoms with Crippen molar-refractivity contribution in [1.82, 2.24) is 19.2 Å². The summed E-state index contributed by atoms with van der Waals surface area (Å²) in [4.78, 5) is 32.5. The molecule has 0 saturated carbocycles. The van der Waals surface area contributed by atoms with Crippen LogP contribution in [0.4, 0.5) is 0 Å². The smallest absolute Gasteiger partial charge is 0.352 e. The lowest BCUT2D eigenvalue weighted by molar-refractivity contribution is 0.0972. The van der Waals surface area contributed by atoms with Gasteiger partial charge >= 0.3 is 5.69 Å². The van der Waals surface area contributed by atoms with Crippen LogP contribution in [0.25, 0.3) is 27.4 Å². The Hall–Kier alpha value is -3.23. The standard InChI is InChI=1S/C21H15ClN4O3S/c1-11-12(2)30-20-17(11)19-23-18(16-4-3-9-29-16)24-26(19)21(28)25(20)10-15(27)13-5-7-14(22)8-6-13/h3-9H,10H2,1-2H3. The van der Waals surface area contributed by atoms with Gasteiger partial charge in [0.05, 0.1) is 18.2 Å². The Morgan fingerprint density at radius 3 is 2.67 bits per heavy atom. The molecule has 5 rings (SSSR count). The van der Waals surface area contributed by atoms with Crippen LogP contribution in [0, 0.1) is 13.8 Å². The number of nitrogens with zero attached hydrogens (tertiary/aromatic N) is 4. The molecule has 0 aliphatic rings. The maximum Gasteiger partial charge on any atom is 0.352 e. The minimum Gasteiger partial charge on any atom is -0.461 e. The average Bonchev–Trinajstić information content (AvgIpc) is 3.45. The van der Waals surface area contributed by atoms with Gasteiger partial charge in [-0.25, -0.2) is 9.78 Å². The molecule has 30 heavy (non-hydrogen) atoms. The highest BCUT2D eigenvalue weighted by molar-refractivity contribution is 7.19. The van der Waals surface area contributed by atoms with Crippen molar-refractivity contribution in [3.05, 3.63) is 74.2 Å². The first-order chi connectivity index (χ1) is 14.4. The van der Waals surface area contributed by atoms with E-state index in [1.165, 1.54) is 26.7 Å². The molecule has 0 amide bonds. The fraction of sp³-hybridized carbons (Fsp3) is 0.143. The number of carbonyl (C=O) groups is 1. The van der Waals surface area contributed by atoms with Gasteiger partial charge in [0.2, 0.25) is 5.82 Å². The molecule has 0 N–H and O–H groups in total. The van der Waals surface area contributed by atoms with Crippen LogP contribution in [0.15, 0.2) is 51.9 Å². The fourth-order valence-corrected chi connectivity index (χ4v) is 4.66. The highest BCUT2D eigenvalue weighted by atomic mass is 35.5. The number of benzene rings is 1. The topological polar surface area (TPSA) is 82.4 Å². The first kappa shape index (κ1) is 18.8. The lowest BCUT2D eigenvalue weighted by Crippen LogP contribution is -2.30. The van der Waals surface area contributed by atoms with E-state index in [1.54, 1.807) is 36.4 Å². The normalized spacial score (nSPS) is 11.6. The van der Waals surface area contributed by atoms with Crippen LogP contribution < -0.4 is 5.69 Å². The van der Waals surface area contributed by atoms with E-state index < -0.39 is 5.69 Å². The Balaban J connectivity index is 1.73. The maximum absolute atomic E-state index is 13.3. The summed E-state index contributed by atoms with van der Waals surface area (Å²) in [6.45, 7) is 3.85. The third-order valence-electron chi connectivity index (χ3n) is 5.06. The summed E-state index contributed by atoms with van der Waals surface area (Å²) in [6, 6.07) is 10.1. The highest BCUT2D eigenvalue weighted by Crippen LogP contribution is 2.32. The van der Waals surface area contributed by atoms with Crippen molar-refractivity contribution in [2.75, 3.05) is 0 Å². The number of ketones is 1. The van der Waals surface area contributed by atoms with E-state index in [1.807, 2.05) is 13.8 Å². The van der Waals surface area contributed by atoms with Gasteiger partial charge in [0, 0.05) is 15.5 Å². The summed E-state index contributed by atoms with van der Waals surface area (Å²) >= 11 is 7.38. The van der Waals surface area contributed by atoms with E-state index in [4.69, 9.17) is 16.0 Å². The predicted octanol–water partition coefficient (Wildman–Crippen LogP) is 4.52. The second-order valence-corrected chi connectivity index (χ2v) is 8.55. The summed E-state index contributed by atoms with van der Waals surface area (Å²) in [5, 5.41) is 5.72. The van der Waals surface area contributed by atoms with E-state index in [0.717, 1.165) is 15.8 Å². The van der Waals surface area contributed by atoms with Gasteiger partial charge in [0.25, 0.3) is 0 Å². The number of carbonyl (C=O) groups excluding carboxylic acids is 1. The predicted molar refractivity (Wildman–Crippen MR) is 116 cm³/mol. The molecule has 0 unspecified atom stereocenters. The van der Waals surface area contributed by atoms with Crippen molar-refractivity contribution >= 4 is 44.6 Å². The monoisotopic (exact) mass is 438 g/mol. The number of furan rings is 1. The van der Waals surface area contributed by atoms with Gasteiger partial charge < -0.3 is 4.42 Å². The molecule has 0 fully saturated rings. The molecule has 0 aliphatic heterocycles. The Bertz CT molecular complexity index is 1480. The molecule has 0 aliphatic carbocycles. The molecule has 0 radical (unpaired) electrons. The molecule has 5 aromatic rings. The largest absolute Gasteiger partial charge is 0.461 e. The summed E-state index contributed by atoms with van der Waals surface area (Å²) < 4.78 is 8.10. The van der Waals surface area contributed by atoms with E-state index in [2.05, 4.69) is 10.1 Å². The van der Waals surface area contributed by atoms with Crippen molar-refractivity contribution in [1.29, 1.82) is 0 Å². The lowest BCUT2D eigenvalue weighted by Gasteiger charge is -2.08. The number of aryl methyl sites for hydroxylation is 2. The van der Waals surface area contributed by atoms with Gasteiger partial charge in [-0.2, -0.15) is 4.52 Å². The molecule has 1 aromatic carbocycles. The first-order valence-electron chi connectivity index (χ1n) is 9.16. The van der Waals surface area contributed by atoms with Gasteiger partial charge in [0.1, 0.15) is 4.83 Å². The molecule has 7 nitrogen and oxygen atoms in total. The lowest BCUT2D eigenvalue weighted by atomic mass is 10.1. The average molecular weight is 439 g/mol. The summed E-state index contributed by atoms with van der Waals surface area (Å²) in [6.07, 6.45) is 1.53. The zero-order valence-electron chi connectivity index (χ0n) is 16.0. The molecule has 4 aromatic heterocycles. The zero-order valence-corrected chi connectivity index (χ0v) is 17.6. The minimum atomic E-state index is -0.425. The van der Waals surface area contributed by atoms with Crippen molar-refractivity contribution in [3.63, 3.8) is 0 Å². The van der Waals surface area contributed by atoms with Crippen LogP contribution >= 0.6 is 22.9 Å². The molecular formula is C21H15ClN4O3S. The van der Waals surface area contributed by atoms with Crippen LogP contribution in [-0.4, -0.2) is 24.9 Å². The second-order valence-electron chi connectivity index (χ2n) is 6.91. The first-order valence-corrected chi connectivity index (χ1v) is 10.4. The Morgan fingerprint density at radius 2 is 1.97 bits per heavy atom. The Labute approximate surface area is 179 Å². The van der Waals surface area contributed by atoms with Gasteiger partial charge in [-0.3, -0.25) is 9.36 Å². The third-order valence-corrected chi connectivity index (χ3v) is 6.55. The number of thiophene rings is 1. The minimum absolute atomic E-state index is 0.109. The van der Waals surface area contributed by atoms with Crippen molar-refractivity contribution in [3.8, 4) is 11.6 Å². The number of fused-ring (bicyclic) bond motifs is 3. The SMILES string of the molecule is Cc1sc2c(c1C)c1nc(-c3ccco3)nn1c(=O)n2CC(=O)c1ccc(Cl)cc1. The molecule has 0 atom stereocenters. The van der Waals surface area contributed by atoms with Crippen LogP contribution in [0.3, 0.4) is 0 Å². The number of aromatic nitrogens is 4. The Morgan fingerprint density at radius 1 is 1.20 bits per heavy atom. The molecule has 9 heteroatoms. The maximum atomic E-state index is 13.3. The molecule has 4 heterocycles. The summed E-state index contributed by atoms with van der Waals surface area (Å²) in [7, 11) is 0. The zero-order chi connectivity index (χ0) is 21.0. The van der Waals surface area contributed by atoms with Gasteiger partial charge in [-0.1, -0.05) is 11.6 Å². The quantitative estimate of drug-likeness (QED) is 0.385. The molecule has 150 valence electrons. The third kappa shape index (κ3) is 2.88. The van der Waals surface area contributed by atoms with Gasteiger partial charge in [-0.15, -0.1) is 16.4 Å². The molecular weight excluding hydrogens is 424 g/mol. The highest BCUT2D eigenvalue weighted by Gasteiger charge is 2.22. The van der Waals surface area contributed by atoms with Crippen LogP contribution in [0.2, 0.25) is 5.02 Å². The second kappa shape index (κ2) is 6.93. The fourth-order valence-electron chi connectivity index (χ4n) is 3.39. The summed E-state index contributed by atoms with van der Waals surface area (Å²) in [5.74, 6) is 0.604. The molecule has 0 bridgehead atoms. The Kier molecular flexibility index (Phi) is 4.34. The van der Waals surface area contributed by atoms with Crippen LogP contribution in [0.5, 0.6) is 0 Å². The van der Waals surface area contributed by atoms with Gasteiger partial charge in [-0.05, 0) is 55.8 Å². The van der Waals surface area contributed by atoms with E-state index in [9.17, 15) is 9.59 Å². The molecule has 0 saturated heterocycles. The summed E-state index contributed by atoms with van der Waals surface area (Å²) in [5.41, 5.74) is 1.52. The van der Waals surface area contributed by atoms with Crippen molar-refractivity contribution in [2.45, 2.75) is 20.4 Å². The number of halogens is 1. The molecule has 0 spiro atoms. The van der Waals surface area contributed by atoms with Crippen LogP contribution in [0.1, 0.15) is 20.8 Å². The van der Waals surface area contributed by atoms with Gasteiger partial charge in [0.15, 0.2) is 17.2 Å². The number of Topliss-reactive ketones (excluding diaryl/α,β-unsaturated/α-hetero) is 1. The van der Waals surface area contributed by atoms with Crippen molar-refractivity contribution < 1.29 is 9.21 Å². The number of hydrogen-bond acceptors (Lipinski definition) is 6. The van der Waals surface area contributed by atoms with Crippen LogP contribution in [-0.2, 0) is 6.54 Å². The number of rotatable bonds is 4. The number of hydrogen-bond donors (Lipinski definition) is 0. The van der Waals surface area contributed by atoms with E-state index in [-0.39, 0.29) is 12.3 Å². The van der Waals surface area contributed by atoms with E-state index >= 15 is 0 Å². The van der Waals surface area contributed by atoms with Crippen molar-refractivity contribution in [2.24, 2.45) is 0 Å².